The first-order chi connectivity index (χ1) is 11.1. The molecule has 128 valence electrons. The second-order valence-corrected chi connectivity index (χ2v) is 7.33. The van der Waals surface area contributed by atoms with Gasteiger partial charge in [0.1, 0.15) is 0 Å². The maximum absolute atomic E-state index is 11.9. The monoisotopic (exact) mass is 336 g/mol. The van der Waals surface area contributed by atoms with E-state index in [0.717, 1.165) is 18.4 Å². The molecule has 0 spiro atoms. The normalized spacial score (nSPS) is 11.0. The SMILES string of the molecule is CCCCCCCCC#CCCOS(=O)(=O)c1ccc(C)cc1. The summed E-state index contributed by atoms with van der Waals surface area (Å²) in [5.74, 6) is 6.07. The molecule has 0 radical (unpaired) electrons. The predicted molar refractivity (Wildman–Crippen MR) is 94.7 cm³/mol. The van der Waals surface area contributed by atoms with Gasteiger partial charge < -0.3 is 0 Å². The summed E-state index contributed by atoms with van der Waals surface area (Å²) in [7, 11) is -3.66. The molecule has 0 atom stereocenters. The van der Waals surface area contributed by atoms with Gasteiger partial charge >= 0.3 is 0 Å². The zero-order valence-electron chi connectivity index (χ0n) is 14.3. The maximum atomic E-state index is 11.9. The van der Waals surface area contributed by atoms with Crippen molar-refractivity contribution in [1.82, 2.24) is 0 Å². The highest BCUT2D eigenvalue weighted by atomic mass is 32.2. The van der Waals surface area contributed by atoms with E-state index in [1.54, 1.807) is 24.3 Å². The van der Waals surface area contributed by atoms with Gasteiger partial charge in [-0.1, -0.05) is 56.7 Å². The van der Waals surface area contributed by atoms with Crippen LogP contribution in [0.4, 0.5) is 0 Å². The van der Waals surface area contributed by atoms with Crippen LogP contribution in [-0.2, 0) is 14.3 Å². The van der Waals surface area contributed by atoms with Gasteiger partial charge in [0.25, 0.3) is 10.1 Å². The van der Waals surface area contributed by atoms with E-state index in [2.05, 4.69) is 18.8 Å². The van der Waals surface area contributed by atoms with Crippen LogP contribution < -0.4 is 0 Å². The first kappa shape index (κ1) is 19.7. The van der Waals surface area contributed by atoms with Gasteiger partial charge in [-0.25, -0.2) is 0 Å². The number of unbranched alkanes of at least 4 members (excludes halogenated alkanes) is 6. The standard InChI is InChI=1S/C19H28O3S/c1-3-4-5-6-7-8-9-10-11-12-17-22-23(20,21)19-15-13-18(2)14-16-19/h13-16H,3-9,12,17H2,1-2H3. The highest BCUT2D eigenvalue weighted by Gasteiger charge is 2.13. The van der Waals surface area contributed by atoms with Crippen LogP contribution in [0.3, 0.4) is 0 Å². The second kappa shape index (κ2) is 11.3. The Morgan fingerprint density at radius 1 is 0.913 bits per heavy atom. The van der Waals surface area contributed by atoms with Crippen LogP contribution in [0.2, 0.25) is 0 Å². The van der Waals surface area contributed by atoms with Gasteiger partial charge in [0, 0.05) is 12.8 Å². The average molecular weight is 336 g/mol. The molecule has 3 nitrogen and oxygen atoms in total. The van der Waals surface area contributed by atoms with E-state index in [0.29, 0.717) is 6.42 Å². The first-order valence-electron chi connectivity index (χ1n) is 8.48. The highest BCUT2D eigenvalue weighted by molar-refractivity contribution is 7.86. The van der Waals surface area contributed by atoms with Crippen molar-refractivity contribution in [3.8, 4) is 11.8 Å². The summed E-state index contributed by atoms with van der Waals surface area (Å²) in [6.45, 7) is 4.24. The summed E-state index contributed by atoms with van der Waals surface area (Å²) in [5.41, 5.74) is 1.02. The van der Waals surface area contributed by atoms with Crippen molar-refractivity contribution in [2.75, 3.05) is 6.61 Å². The Balaban J connectivity index is 2.17. The third kappa shape index (κ3) is 8.78. The number of hydrogen-bond donors (Lipinski definition) is 0. The fourth-order valence-corrected chi connectivity index (χ4v) is 3.05. The molecular formula is C19H28O3S. The molecule has 0 aliphatic heterocycles. The smallest absolute Gasteiger partial charge is 0.265 e. The van der Waals surface area contributed by atoms with Crippen molar-refractivity contribution < 1.29 is 12.6 Å². The fraction of sp³-hybridized carbons (Fsp3) is 0.579. The van der Waals surface area contributed by atoms with Gasteiger partial charge in [-0.05, 0) is 25.5 Å². The van der Waals surface area contributed by atoms with Gasteiger partial charge in [0.2, 0.25) is 0 Å². The molecule has 0 saturated carbocycles. The molecule has 1 aromatic rings. The number of rotatable bonds is 10. The zero-order chi connectivity index (χ0) is 17.0. The molecule has 23 heavy (non-hydrogen) atoms. The van der Waals surface area contributed by atoms with Gasteiger partial charge in [0.15, 0.2) is 0 Å². The summed E-state index contributed by atoms with van der Waals surface area (Å²) in [6, 6.07) is 6.65. The largest absolute Gasteiger partial charge is 0.297 e. The Bertz CT molecular complexity index is 592. The minimum absolute atomic E-state index is 0.111. The van der Waals surface area contributed by atoms with Gasteiger partial charge in [-0.15, -0.1) is 11.8 Å². The summed E-state index contributed by atoms with van der Waals surface area (Å²) in [4.78, 5) is 0.197. The van der Waals surface area contributed by atoms with Gasteiger partial charge in [0.05, 0.1) is 11.5 Å². The molecule has 0 aliphatic carbocycles. The molecule has 0 unspecified atom stereocenters. The average Bonchev–Trinajstić information content (AvgIpc) is 2.53. The Hall–Kier alpha value is -1.31. The van der Waals surface area contributed by atoms with E-state index in [9.17, 15) is 8.42 Å². The van der Waals surface area contributed by atoms with Crippen LogP contribution in [-0.4, -0.2) is 15.0 Å². The molecule has 0 saturated heterocycles. The third-order valence-electron chi connectivity index (χ3n) is 3.56. The quantitative estimate of drug-likeness (QED) is 0.349. The van der Waals surface area contributed by atoms with E-state index >= 15 is 0 Å². The van der Waals surface area contributed by atoms with Crippen LogP contribution in [0.5, 0.6) is 0 Å². The topological polar surface area (TPSA) is 43.4 Å². The number of hydrogen-bond acceptors (Lipinski definition) is 3. The summed E-state index contributed by atoms with van der Waals surface area (Å²) in [5, 5.41) is 0. The van der Waals surface area contributed by atoms with Crippen molar-refractivity contribution >= 4 is 10.1 Å². The molecule has 0 aliphatic rings. The molecule has 1 rings (SSSR count). The molecule has 0 aromatic heterocycles. The van der Waals surface area contributed by atoms with Crippen LogP contribution in [0.25, 0.3) is 0 Å². The summed E-state index contributed by atoms with van der Waals surface area (Å²) < 4.78 is 28.9. The summed E-state index contributed by atoms with van der Waals surface area (Å²) in [6.07, 6.45) is 8.87. The lowest BCUT2D eigenvalue weighted by molar-refractivity contribution is 0.326. The van der Waals surface area contributed by atoms with Crippen LogP contribution in [0, 0.1) is 18.8 Å². The second-order valence-electron chi connectivity index (χ2n) is 5.71. The predicted octanol–water partition coefficient (Wildman–Crippen LogP) is 4.84. The van der Waals surface area contributed by atoms with E-state index < -0.39 is 10.1 Å². The Morgan fingerprint density at radius 3 is 2.22 bits per heavy atom. The van der Waals surface area contributed by atoms with Crippen molar-refractivity contribution in [2.45, 2.75) is 70.1 Å². The van der Waals surface area contributed by atoms with Gasteiger partial charge in [-0.2, -0.15) is 8.42 Å². The zero-order valence-corrected chi connectivity index (χ0v) is 15.1. The lowest BCUT2D eigenvalue weighted by atomic mass is 10.1. The van der Waals surface area contributed by atoms with E-state index in [1.165, 1.54) is 32.1 Å². The molecule has 0 heterocycles. The minimum Gasteiger partial charge on any atom is -0.265 e. The van der Waals surface area contributed by atoms with Crippen LogP contribution in [0.15, 0.2) is 29.2 Å². The Labute approximate surface area is 141 Å². The lowest BCUT2D eigenvalue weighted by Gasteiger charge is -2.04. The molecule has 0 bridgehead atoms. The van der Waals surface area contributed by atoms with Crippen molar-refractivity contribution in [3.05, 3.63) is 29.8 Å². The fourth-order valence-electron chi connectivity index (χ4n) is 2.15. The molecule has 0 amide bonds. The van der Waals surface area contributed by atoms with Crippen molar-refractivity contribution in [3.63, 3.8) is 0 Å². The lowest BCUT2D eigenvalue weighted by Crippen LogP contribution is -2.07. The van der Waals surface area contributed by atoms with Crippen LogP contribution in [0.1, 0.15) is 63.9 Å². The molecule has 4 heteroatoms. The number of benzene rings is 1. The molecule has 0 N–H and O–H groups in total. The van der Waals surface area contributed by atoms with Gasteiger partial charge in [-0.3, -0.25) is 4.18 Å². The van der Waals surface area contributed by atoms with Crippen LogP contribution >= 0.6 is 0 Å². The minimum atomic E-state index is -3.66. The van der Waals surface area contributed by atoms with E-state index in [1.807, 2.05) is 6.92 Å². The van der Waals surface area contributed by atoms with Crippen molar-refractivity contribution in [2.24, 2.45) is 0 Å². The van der Waals surface area contributed by atoms with Crippen molar-refractivity contribution in [1.29, 1.82) is 0 Å². The van der Waals surface area contributed by atoms with E-state index in [4.69, 9.17) is 4.18 Å². The maximum Gasteiger partial charge on any atom is 0.297 e. The van der Waals surface area contributed by atoms with E-state index in [-0.39, 0.29) is 11.5 Å². The highest BCUT2D eigenvalue weighted by Crippen LogP contribution is 2.13. The number of aryl methyl sites for hydroxylation is 1. The molecule has 0 fully saturated rings. The first-order valence-corrected chi connectivity index (χ1v) is 9.89. The Kier molecular flexibility index (Phi) is 9.66. The molecule has 1 aromatic carbocycles. The third-order valence-corrected chi connectivity index (χ3v) is 4.88. The molecular weight excluding hydrogens is 308 g/mol. The Morgan fingerprint density at radius 2 is 1.52 bits per heavy atom. The summed E-state index contributed by atoms with van der Waals surface area (Å²) >= 11 is 0.